The number of amidine groups is 1. The summed E-state index contributed by atoms with van der Waals surface area (Å²) in [5, 5.41) is 10.1. The molecule has 0 aliphatic carbocycles. The zero-order valence-corrected chi connectivity index (χ0v) is 25.4. The fourth-order valence-electron chi connectivity index (χ4n) is 4.12. The van der Waals surface area contributed by atoms with Gasteiger partial charge in [-0.2, -0.15) is 0 Å². The highest BCUT2D eigenvalue weighted by Gasteiger charge is 2.33. The van der Waals surface area contributed by atoms with Gasteiger partial charge in [0.25, 0.3) is 5.91 Å². The van der Waals surface area contributed by atoms with E-state index >= 15 is 0 Å². The van der Waals surface area contributed by atoms with Crippen molar-refractivity contribution in [3.8, 4) is 11.5 Å². The number of thioether (sulfide) groups is 1. The molecule has 0 radical (unpaired) electrons. The van der Waals surface area contributed by atoms with Crippen LogP contribution in [0, 0.1) is 0 Å². The zero-order chi connectivity index (χ0) is 29.6. The summed E-state index contributed by atoms with van der Waals surface area (Å²) in [5.41, 5.74) is 3.33. The summed E-state index contributed by atoms with van der Waals surface area (Å²) in [4.78, 5) is 31.7. The minimum absolute atomic E-state index is 0.173. The maximum absolute atomic E-state index is 13.7. The van der Waals surface area contributed by atoms with Crippen LogP contribution in [0.3, 0.4) is 0 Å². The zero-order valence-electron chi connectivity index (χ0n) is 22.3. The Hall–Kier alpha value is -4.05. The van der Waals surface area contributed by atoms with Crippen LogP contribution in [0.15, 0.2) is 105 Å². The van der Waals surface area contributed by atoms with Gasteiger partial charge in [0.2, 0.25) is 0 Å². The normalized spacial score (nSPS) is 14.9. The molecular formula is C32H24BrClN2O5S. The lowest BCUT2D eigenvalue weighted by atomic mass is 10.1. The van der Waals surface area contributed by atoms with Crippen LogP contribution >= 0.6 is 39.3 Å². The quantitative estimate of drug-likeness (QED) is 0.182. The highest BCUT2D eigenvalue weighted by molar-refractivity contribution is 9.10. The second-order valence-electron chi connectivity index (χ2n) is 9.18. The maximum atomic E-state index is 13.7. The summed E-state index contributed by atoms with van der Waals surface area (Å²) in [6, 6.07) is 27.0. The van der Waals surface area contributed by atoms with Crippen LogP contribution < -0.4 is 9.47 Å². The van der Waals surface area contributed by atoms with Crippen LogP contribution in [0.5, 0.6) is 11.5 Å². The lowest BCUT2D eigenvalue weighted by Gasteiger charge is -2.16. The molecule has 10 heteroatoms. The molecule has 1 heterocycles. The third-order valence-electron chi connectivity index (χ3n) is 6.27. The van der Waals surface area contributed by atoms with Gasteiger partial charge in [0, 0.05) is 0 Å². The smallest absolute Gasteiger partial charge is 0.335 e. The monoisotopic (exact) mass is 662 g/mol. The van der Waals surface area contributed by atoms with Gasteiger partial charge in [-0.15, -0.1) is 0 Å². The molecule has 7 nitrogen and oxygen atoms in total. The number of aromatic carboxylic acids is 1. The van der Waals surface area contributed by atoms with Crippen LogP contribution in [0.4, 0.5) is 5.69 Å². The van der Waals surface area contributed by atoms with Gasteiger partial charge in [-0.05, 0) is 99.0 Å². The average molecular weight is 664 g/mol. The molecule has 42 heavy (non-hydrogen) atoms. The van der Waals surface area contributed by atoms with E-state index < -0.39 is 5.97 Å². The summed E-state index contributed by atoms with van der Waals surface area (Å²) >= 11 is 11.4. The lowest BCUT2D eigenvalue weighted by Crippen LogP contribution is -2.28. The van der Waals surface area contributed by atoms with Crippen molar-refractivity contribution in [2.24, 2.45) is 4.99 Å². The fraction of sp³-hybridized carbons (Fsp3) is 0.0938. The minimum Gasteiger partial charge on any atom is -0.497 e. The molecular weight excluding hydrogens is 640 g/mol. The van der Waals surface area contributed by atoms with Crippen LogP contribution in [-0.2, 0) is 17.9 Å². The van der Waals surface area contributed by atoms with Crippen molar-refractivity contribution in [3.05, 3.63) is 128 Å². The van der Waals surface area contributed by atoms with Gasteiger partial charge in [0.15, 0.2) is 10.9 Å². The highest BCUT2D eigenvalue weighted by atomic mass is 79.9. The van der Waals surface area contributed by atoms with Crippen molar-refractivity contribution in [1.82, 2.24) is 4.90 Å². The number of carboxylic acid groups (broad SMARTS) is 1. The molecule has 1 saturated heterocycles. The number of nitrogens with zero attached hydrogens (tertiary/aromatic N) is 2. The summed E-state index contributed by atoms with van der Waals surface area (Å²) in [6.45, 7) is 0.580. The summed E-state index contributed by atoms with van der Waals surface area (Å²) in [5.74, 6) is -0.0289. The van der Waals surface area contributed by atoms with Crippen molar-refractivity contribution in [3.63, 3.8) is 0 Å². The van der Waals surface area contributed by atoms with Gasteiger partial charge in [-0.1, -0.05) is 54.1 Å². The van der Waals surface area contributed by atoms with E-state index in [0.717, 1.165) is 11.1 Å². The number of rotatable bonds is 9. The van der Waals surface area contributed by atoms with Gasteiger partial charge in [0.1, 0.15) is 12.4 Å². The minimum atomic E-state index is -1.01. The molecule has 0 unspecified atom stereocenters. The Morgan fingerprint density at radius 1 is 1.02 bits per heavy atom. The molecule has 1 fully saturated rings. The fourth-order valence-corrected chi connectivity index (χ4v) is 6.10. The van der Waals surface area contributed by atoms with Crippen molar-refractivity contribution in [2.75, 3.05) is 7.11 Å². The summed E-state index contributed by atoms with van der Waals surface area (Å²) in [7, 11) is 1.59. The van der Waals surface area contributed by atoms with E-state index in [1.807, 2.05) is 48.5 Å². The average Bonchev–Trinajstić information content (AvgIpc) is 3.26. The van der Waals surface area contributed by atoms with Gasteiger partial charge < -0.3 is 14.6 Å². The van der Waals surface area contributed by atoms with E-state index in [4.69, 9.17) is 26.1 Å². The number of benzene rings is 4. The van der Waals surface area contributed by atoms with Gasteiger partial charge >= 0.3 is 5.97 Å². The first-order valence-electron chi connectivity index (χ1n) is 12.7. The van der Waals surface area contributed by atoms with Crippen molar-refractivity contribution >= 4 is 68.1 Å². The standard InChI is InChI=1S/C32H24BrClN2O5S/c1-40-25-13-11-24(12-14-25)35-32-36(18-20-7-9-23(10-8-20)31(38)39)30(37)28(42-32)17-22-15-26(33)29(27(34)16-22)41-19-21-5-3-2-4-6-21/h2-17H,18-19H2,1H3,(H,38,39)/b28-17-,35-32?. The Balaban J connectivity index is 1.43. The molecule has 0 atom stereocenters. The first-order chi connectivity index (χ1) is 20.3. The summed E-state index contributed by atoms with van der Waals surface area (Å²) in [6.07, 6.45) is 1.77. The second-order valence-corrected chi connectivity index (χ2v) is 11.5. The van der Waals surface area contributed by atoms with Crippen LogP contribution in [0.25, 0.3) is 6.08 Å². The highest BCUT2D eigenvalue weighted by Crippen LogP contribution is 2.39. The molecule has 1 N–H and O–H groups in total. The maximum Gasteiger partial charge on any atom is 0.335 e. The van der Waals surface area contributed by atoms with Crippen LogP contribution in [0.1, 0.15) is 27.0 Å². The lowest BCUT2D eigenvalue weighted by molar-refractivity contribution is -0.122. The Kier molecular flexibility index (Phi) is 9.31. The number of hydrogen-bond acceptors (Lipinski definition) is 6. The first kappa shape index (κ1) is 29.4. The molecule has 212 valence electrons. The number of ether oxygens (including phenoxy) is 2. The molecule has 1 aliphatic rings. The SMILES string of the molecule is COc1ccc(N=C2S/C(=C\c3cc(Cl)c(OCc4ccccc4)c(Br)c3)C(=O)N2Cc2ccc(C(=O)O)cc2)cc1. The molecule has 5 rings (SSSR count). The number of carbonyl (C=O) groups is 2. The van der Waals surface area contributed by atoms with Crippen molar-refractivity contribution in [1.29, 1.82) is 0 Å². The predicted molar refractivity (Wildman–Crippen MR) is 170 cm³/mol. The number of carboxylic acids is 1. The Morgan fingerprint density at radius 2 is 1.74 bits per heavy atom. The van der Waals surface area contributed by atoms with Crippen molar-refractivity contribution in [2.45, 2.75) is 13.2 Å². The third-order valence-corrected chi connectivity index (χ3v) is 8.15. The largest absolute Gasteiger partial charge is 0.497 e. The topological polar surface area (TPSA) is 88.4 Å². The number of hydrogen-bond donors (Lipinski definition) is 1. The second kappa shape index (κ2) is 13.3. The van der Waals surface area contributed by atoms with E-state index in [0.29, 0.717) is 48.9 Å². The van der Waals surface area contributed by atoms with E-state index in [1.165, 1.54) is 23.9 Å². The molecule has 0 bridgehead atoms. The Bertz CT molecular complexity index is 1650. The van der Waals surface area contributed by atoms with Crippen LogP contribution in [0.2, 0.25) is 5.02 Å². The number of amides is 1. The van der Waals surface area contributed by atoms with E-state index in [9.17, 15) is 14.7 Å². The molecule has 1 amide bonds. The van der Waals surface area contributed by atoms with Crippen LogP contribution in [-0.4, -0.2) is 34.2 Å². The Labute approximate surface area is 260 Å². The van der Waals surface area contributed by atoms with E-state index in [1.54, 1.807) is 48.4 Å². The molecule has 0 aromatic heterocycles. The first-order valence-corrected chi connectivity index (χ1v) is 14.7. The molecule has 0 saturated carbocycles. The van der Waals surface area contributed by atoms with E-state index in [-0.39, 0.29) is 18.0 Å². The number of halogens is 2. The molecule has 4 aromatic carbocycles. The van der Waals surface area contributed by atoms with E-state index in [2.05, 4.69) is 15.9 Å². The number of aliphatic imine (C=N–C) groups is 1. The van der Waals surface area contributed by atoms with Crippen molar-refractivity contribution < 1.29 is 24.2 Å². The van der Waals surface area contributed by atoms with Gasteiger partial charge in [-0.3, -0.25) is 9.69 Å². The molecule has 0 spiro atoms. The predicted octanol–water partition coefficient (Wildman–Crippen LogP) is 8.19. The summed E-state index contributed by atoms with van der Waals surface area (Å²) < 4.78 is 11.9. The molecule has 4 aromatic rings. The third kappa shape index (κ3) is 7.05. The van der Waals surface area contributed by atoms with Gasteiger partial charge in [-0.25, -0.2) is 9.79 Å². The Morgan fingerprint density at radius 3 is 2.38 bits per heavy atom. The number of carbonyl (C=O) groups excluding carboxylic acids is 1. The number of methoxy groups -OCH3 is 1. The van der Waals surface area contributed by atoms with Gasteiger partial charge in [0.05, 0.1) is 39.3 Å². The molecule has 1 aliphatic heterocycles.